The van der Waals surface area contributed by atoms with Crippen molar-refractivity contribution in [3.8, 4) is 0 Å². The van der Waals surface area contributed by atoms with Gasteiger partial charge in [0.1, 0.15) is 0 Å². The average Bonchev–Trinajstić information content (AvgIpc) is 3.24. The lowest BCUT2D eigenvalue weighted by atomic mass is 10.2. The van der Waals surface area contributed by atoms with Crippen molar-refractivity contribution in [2.45, 2.75) is 18.9 Å². The van der Waals surface area contributed by atoms with Gasteiger partial charge in [-0.25, -0.2) is 0 Å². The van der Waals surface area contributed by atoms with Crippen LogP contribution in [-0.2, 0) is 0 Å². The third-order valence-electron chi connectivity index (χ3n) is 3.98. The normalized spacial score (nSPS) is 18.5. The molecule has 0 spiro atoms. The van der Waals surface area contributed by atoms with Crippen molar-refractivity contribution in [3.05, 3.63) is 53.9 Å². The molecule has 2 N–H and O–H groups in total. The van der Waals surface area contributed by atoms with Crippen LogP contribution in [0.15, 0.2) is 42.6 Å². The van der Waals surface area contributed by atoms with E-state index in [0.29, 0.717) is 5.69 Å². The van der Waals surface area contributed by atoms with Crippen LogP contribution in [-0.4, -0.2) is 51.9 Å². The molecule has 0 saturated carbocycles. The summed E-state index contributed by atoms with van der Waals surface area (Å²) in [6.45, 7) is 2.92. The summed E-state index contributed by atoms with van der Waals surface area (Å²) in [6, 6.07) is 10.5. The Balaban J connectivity index is 1.38. The summed E-state index contributed by atoms with van der Waals surface area (Å²) in [7, 11) is 0. The molecule has 2 heterocycles. The van der Waals surface area contributed by atoms with Crippen molar-refractivity contribution >= 4 is 12.0 Å². The molecule has 1 aliphatic heterocycles. The smallest absolute Gasteiger partial charge is 0.273 e. The number of aromatic amines is 1. The number of nitrogens with zero attached hydrogens (tertiary/aromatic N) is 3. The first-order chi connectivity index (χ1) is 11.3. The number of aromatic nitrogens is 3. The van der Waals surface area contributed by atoms with Gasteiger partial charge >= 0.3 is 0 Å². The lowest BCUT2D eigenvalue weighted by molar-refractivity contribution is 0.0932. The Morgan fingerprint density at radius 3 is 3.04 bits per heavy atom. The molecule has 6 nitrogen and oxygen atoms in total. The Morgan fingerprint density at radius 1 is 1.39 bits per heavy atom. The molecule has 6 heteroatoms. The van der Waals surface area contributed by atoms with Gasteiger partial charge in [-0.15, -0.1) is 0 Å². The predicted octanol–water partition coefficient (Wildman–Crippen LogP) is 1.71. The highest BCUT2D eigenvalue weighted by Crippen LogP contribution is 2.11. The molecule has 1 aromatic carbocycles. The van der Waals surface area contributed by atoms with E-state index in [2.05, 4.69) is 49.9 Å². The monoisotopic (exact) mass is 311 g/mol. The van der Waals surface area contributed by atoms with E-state index in [1.165, 1.54) is 11.8 Å². The maximum Gasteiger partial charge on any atom is 0.273 e. The number of rotatable bonds is 6. The molecule has 1 aromatic heterocycles. The van der Waals surface area contributed by atoms with Crippen LogP contribution >= 0.6 is 0 Å². The second-order valence-corrected chi connectivity index (χ2v) is 5.72. The third kappa shape index (κ3) is 4.50. The number of likely N-dealkylation sites (tertiary alicyclic amines) is 1. The fourth-order valence-electron chi connectivity index (χ4n) is 2.76. The quantitative estimate of drug-likeness (QED) is 0.852. The summed E-state index contributed by atoms with van der Waals surface area (Å²) in [5.74, 6) is -0.158. The molecular formula is C17H21N5O. The number of benzene rings is 1. The highest BCUT2D eigenvalue weighted by molar-refractivity contribution is 5.92. The van der Waals surface area contributed by atoms with Crippen molar-refractivity contribution in [1.29, 1.82) is 0 Å². The molecular weight excluding hydrogens is 290 g/mol. The minimum Gasteiger partial charge on any atom is -0.347 e. The number of hydrogen-bond donors (Lipinski definition) is 2. The van der Waals surface area contributed by atoms with Crippen LogP contribution in [0.4, 0.5) is 0 Å². The van der Waals surface area contributed by atoms with E-state index in [1.807, 2.05) is 18.2 Å². The minimum absolute atomic E-state index is 0.158. The molecule has 3 rings (SSSR count). The first-order valence-corrected chi connectivity index (χ1v) is 7.92. The third-order valence-corrected chi connectivity index (χ3v) is 3.98. The van der Waals surface area contributed by atoms with Crippen LogP contribution in [0.2, 0.25) is 0 Å². The number of carbonyl (C=O) groups excluding carboxylic acids is 1. The van der Waals surface area contributed by atoms with Crippen molar-refractivity contribution < 1.29 is 4.79 Å². The standard InChI is InChI=1S/C17H21N5O/c23-17(16-12-18-21-20-16)19-15-9-11-22(13-15)10-5-4-8-14-6-2-1-3-7-14/h1-4,6-8,12,15H,5,9-11,13H2,(H,19,23)(H,18,20,21)/b8-4+. The highest BCUT2D eigenvalue weighted by Gasteiger charge is 2.24. The van der Waals surface area contributed by atoms with Crippen LogP contribution in [0, 0.1) is 0 Å². The van der Waals surface area contributed by atoms with Crippen molar-refractivity contribution in [2.75, 3.05) is 19.6 Å². The van der Waals surface area contributed by atoms with Gasteiger partial charge in [0.25, 0.3) is 5.91 Å². The maximum atomic E-state index is 11.9. The van der Waals surface area contributed by atoms with Crippen LogP contribution < -0.4 is 5.32 Å². The Kier molecular flexibility index (Phi) is 5.16. The number of carbonyl (C=O) groups is 1. The van der Waals surface area contributed by atoms with Gasteiger partial charge in [0.2, 0.25) is 0 Å². The zero-order chi connectivity index (χ0) is 15.9. The van der Waals surface area contributed by atoms with E-state index in [-0.39, 0.29) is 11.9 Å². The molecule has 0 bridgehead atoms. The van der Waals surface area contributed by atoms with Gasteiger partial charge in [-0.3, -0.25) is 4.79 Å². The first kappa shape index (κ1) is 15.4. The van der Waals surface area contributed by atoms with E-state index in [0.717, 1.165) is 32.5 Å². The number of nitrogens with one attached hydrogen (secondary N) is 2. The summed E-state index contributed by atoms with van der Waals surface area (Å²) in [4.78, 5) is 14.3. The van der Waals surface area contributed by atoms with E-state index >= 15 is 0 Å². The topological polar surface area (TPSA) is 73.9 Å². The Morgan fingerprint density at radius 2 is 2.26 bits per heavy atom. The summed E-state index contributed by atoms with van der Waals surface area (Å²) in [5, 5.41) is 12.9. The summed E-state index contributed by atoms with van der Waals surface area (Å²) >= 11 is 0. The zero-order valence-electron chi connectivity index (χ0n) is 13.0. The molecule has 1 atom stereocenters. The van der Waals surface area contributed by atoms with Crippen LogP contribution in [0.1, 0.15) is 28.9 Å². The van der Waals surface area contributed by atoms with Crippen LogP contribution in [0.25, 0.3) is 6.08 Å². The SMILES string of the molecule is O=C(NC1CCN(CC/C=C/c2ccccc2)C1)c1cn[nH]n1. The fraction of sp³-hybridized carbons (Fsp3) is 0.353. The summed E-state index contributed by atoms with van der Waals surface area (Å²) in [5.41, 5.74) is 1.57. The molecule has 1 fully saturated rings. The lowest BCUT2D eigenvalue weighted by Gasteiger charge is -2.15. The molecule has 120 valence electrons. The van der Waals surface area contributed by atoms with Crippen LogP contribution in [0.3, 0.4) is 0 Å². The first-order valence-electron chi connectivity index (χ1n) is 7.92. The molecule has 1 unspecified atom stereocenters. The highest BCUT2D eigenvalue weighted by atomic mass is 16.2. The summed E-state index contributed by atoms with van der Waals surface area (Å²) in [6.07, 6.45) is 7.79. The van der Waals surface area contributed by atoms with Gasteiger partial charge in [-0.1, -0.05) is 42.5 Å². The summed E-state index contributed by atoms with van der Waals surface area (Å²) < 4.78 is 0. The molecule has 23 heavy (non-hydrogen) atoms. The van der Waals surface area contributed by atoms with E-state index in [9.17, 15) is 4.79 Å². The second-order valence-electron chi connectivity index (χ2n) is 5.72. The van der Waals surface area contributed by atoms with Crippen molar-refractivity contribution in [1.82, 2.24) is 25.6 Å². The Bertz CT molecular complexity index is 638. The Hall–Kier alpha value is -2.47. The van der Waals surface area contributed by atoms with Gasteiger partial charge < -0.3 is 10.2 Å². The predicted molar refractivity (Wildman–Crippen MR) is 88.8 cm³/mol. The number of H-pyrrole nitrogens is 1. The van der Waals surface area contributed by atoms with E-state index in [4.69, 9.17) is 0 Å². The number of hydrogen-bond acceptors (Lipinski definition) is 4. The molecule has 1 saturated heterocycles. The second kappa shape index (κ2) is 7.69. The van der Waals surface area contributed by atoms with E-state index < -0.39 is 0 Å². The molecule has 2 aromatic rings. The largest absolute Gasteiger partial charge is 0.347 e. The van der Waals surface area contributed by atoms with Crippen molar-refractivity contribution in [2.24, 2.45) is 0 Å². The van der Waals surface area contributed by atoms with Gasteiger partial charge in [0.15, 0.2) is 5.69 Å². The van der Waals surface area contributed by atoms with Crippen molar-refractivity contribution in [3.63, 3.8) is 0 Å². The van der Waals surface area contributed by atoms with Gasteiger partial charge in [0, 0.05) is 25.7 Å². The number of amides is 1. The maximum absolute atomic E-state index is 11.9. The molecule has 1 aliphatic rings. The Labute approximate surface area is 135 Å². The molecule has 0 aliphatic carbocycles. The average molecular weight is 311 g/mol. The van der Waals surface area contributed by atoms with Gasteiger partial charge in [-0.05, 0) is 18.4 Å². The van der Waals surface area contributed by atoms with E-state index in [1.54, 1.807) is 0 Å². The molecule has 1 amide bonds. The molecule has 0 radical (unpaired) electrons. The fourth-order valence-corrected chi connectivity index (χ4v) is 2.76. The minimum atomic E-state index is -0.158. The van der Waals surface area contributed by atoms with Gasteiger partial charge in [0.05, 0.1) is 6.20 Å². The van der Waals surface area contributed by atoms with Gasteiger partial charge in [-0.2, -0.15) is 15.4 Å². The van der Waals surface area contributed by atoms with Crippen LogP contribution in [0.5, 0.6) is 0 Å². The lowest BCUT2D eigenvalue weighted by Crippen LogP contribution is -2.37. The zero-order valence-corrected chi connectivity index (χ0v) is 13.0.